The zero-order chi connectivity index (χ0) is 31.3. The van der Waals surface area contributed by atoms with Crippen molar-refractivity contribution < 1.29 is 33.3 Å². The molecule has 6 rings (SSSR count). The fourth-order valence-electron chi connectivity index (χ4n) is 6.14. The van der Waals surface area contributed by atoms with E-state index < -0.39 is 0 Å². The number of carbonyl (C=O) groups excluding carboxylic acids is 2. The lowest BCUT2D eigenvalue weighted by Crippen LogP contribution is -2.33. The molecule has 45 heavy (non-hydrogen) atoms. The molecule has 0 bridgehead atoms. The molecule has 0 radical (unpaired) electrons. The molecular formula is C35H38N2O7S. The quantitative estimate of drug-likeness (QED) is 0.140. The molecule has 5 aromatic heterocycles. The summed E-state index contributed by atoms with van der Waals surface area (Å²) < 4.78 is 32.3. The summed E-state index contributed by atoms with van der Waals surface area (Å²) in [5.74, 6) is 0.702. The normalized spacial score (nSPS) is 14.2. The molecule has 0 fully saturated rings. The number of esters is 2. The van der Waals surface area contributed by atoms with Crippen LogP contribution < -0.4 is 9.47 Å². The van der Waals surface area contributed by atoms with E-state index in [0.29, 0.717) is 31.8 Å². The van der Waals surface area contributed by atoms with Crippen molar-refractivity contribution in [3.8, 4) is 22.9 Å². The van der Waals surface area contributed by atoms with Crippen molar-refractivity contribution in [2.75, 3.05) is 33.5 Å². The van der Waals surface area contributed by atoms with Gasteiger partial charge in [-0.1, -0.05) is 12.1 Å². The standard InChI is InChI=1S/C35H38N2O7S/c1-23-26(13-17-40-3)28-9-4-6-15-36(28)34(23)35-24(2)27(29-10-5-7-16-37(29)35)14-18-41-32(38)11-8-12-33(39)43-20-25-19-42-30-21-45-22-31(30)44-25/h4-7,9-10,15-16,21-22,25H,8,11-14,17-20H2,1-3H3. The summed E-state index contributed by atoms with van der Waals surface area (Å²) in [6, 6.07) is 12.5. The molecule has 5 aromatic rings. The topological polar surface area (TPSA) is 89.1 Å². The van der Waals surface area contributed by atoms with Crippen molar-refractivity contribution in [2.45, 2.75) is 52.1 Å². The van der Waals surface area contributed by atoms with Gasteiger partial charge in [0.1, 0.15) is 13.2 Å². The Morgan fingerprint density at radius 1 is 0.844 bits per heavy atom. The third-order valence-corrected chi connectivity index (χ3v) is 9.03. The smallest absolute Gasteiger partial charge is 0.305 e. The van der Waals surface area contributed by atoms with Crippen LogP contribution >= 0.6 is 11.3 Å². The molecule has 6 heterocycles. The first-order valence-corrected chi connectivity index (χ1v) is 16.2. The van der Waals surface area contributed by atoms with Crippen molar-refractivity contribution >= 4 is 34.3 Å². The fraction of sp³-hybridized carbons (Fsp3) is 0.371. The van der Waals surface area contributed by atoms with Gasteiger partial charge in [-0.3, -0.25) is 9.59 Å². The highest BCUT2D eigenvalue weighted by Gasteiger charge is 2.24. The van der Waals surface area contributed by atoms with Crippen LogP contribution in [0.25, 0.3) is 22.4 Å². The minimum absolute atomic E-state index is 0.110. The number of carbonyl (C=O) groups is 2. The Morgan fingerprint density at radius 2 is 1.44 bits per heavy atom. The summed E-state index contributed by atoms with van der Waals surface area (Å²) in [4.78, 5) is 24.8. The van der Waals surface area contributed by atoms with Gasteiger partial charge in [-0.05, 0) is 73.2 Å². The van der Waals surface area contributed by atoms with E-state index in [2.05, 4.69) is 59.3 Å². The van der Waals surface area contributed by atoms with Gasteiger partial charge < -0.3 is 32.5 Å². The maximum absolute atomic E-state index is 12.5. The van der Waals surface area contributed by atoms with Crippen molar-refractivity contribution in [1.82, 2.24) is 8.80 Å². The summed E-state index contributed by atoms with van der Waals surface area (Å²) >= 11 is 1.50. The summed E-state index contributed by atoms with van der Waals surface area (Å²) in [6.07, 6.45) is 5.93. The van der Waals surface area contributed by atoms with Gasteiger partial charge in [-0.2, -0.15) is 0 Å². The van der Waals surface area contributed by atoms with E-state index in [0.717, 1.165) is 40.2 Å². The minimum Gasteiger partial charge on any atom is -0.485 e. The highest BCUT2D eigenvalue weighted by molar-refractivity contribution is 7.08. The minimum atomic E-state index is -0.371. The van der Waals surface area contributed by atoms with Crippen molar-refractivity contribution in [3.63, 3.8) is 0 Å². The zero-order valence-corrected chi connectivity index (χ0v) is 26.7. The molecule has 1 aliphatic heterocycles. The Kier molecular flexibility index (Phi) is 9.42. The number of aromatic nitrogens is 2. The number of pyridine rings is 2. The first-order valence-electron chi connectivity index (χ1n) is 15.3. The lowest BCUT2D eigenvalue weighted by molar-refractivity contribution is -0.147. The van der Waals surface area contributed by atoms with Crippen LogP contribution in [0.2, 0.25) is 0 Å². The zero-order valence-electron chi connectivity index (χ0n) is 25.9. The van der Waals surface area contributed by atoms with Gasteiger partial charge in [0.05, 0.1) is 24.6 Å². The van der Waals surface area contributed by atoms with E-state index >= 15 is 0 Å². The molecule has 236 valence electrons. The molecule has 9 nitrogen and oxygen atoms in total. The number of hydrogen-bond donors (Lipinski definition) is 0. The van der Waals surface area contributed by atoms with Crippen molar-refractivity contribution in [3.05, 3.63) is 81.8 Å². The molecule has 0 spiro atoms. The van der Waals surface area contributed by atoms with Gasteiger partial charge in [0.25, 0.3) is 0 Å². The third-order valence-electron chi connectivity index (χ3n) is 8.33. The lowest BCUT2D eigenvalue weighted by Gasteiger charge is -2.24. The Balaban J connectivity index is 1.06. The highest BCUT2D eigenvalue weighted by Crippen LogP contribution is 2.38. The van der Waals surface area contributed by atoms with Crippen molar-refractivity contribution in [1.29, 1.82) is 0 Å². The van der Waals surface area contributed by atoms with Crippen LogP contribution in [0, 0.1) is 13.8 Å². The maximum atomic E-state index is 12.5. The Hall–Kier alpha value is -4.28. The van der Waals surface area contributed by atoms with Crippen LogP contribution in [-0.4, -0.2) is 60.4 Å². The van der Waals surface area contributed by atoms with Crippen LogP contribution in [0.3, 0.4) is 0 Å². The second-order valence-electron chi connectivity index (χ2n) is 11.2. The summed E-state index contributed by atoms with van der Waals surface area (Å²) in [7, 11) is 1.73. The molecule has 1 unspecified atom stereocenters. The first-order chi connectivity index (χ1) is 22.0. The van der Waals surface area contributed by atoms with E-state index in [4.69, 9.17) is 23.7 Å². The van der Waals surface area contributed by atoms with Crippen LogP contribution in [0.15, 0.2) is 59.6 Å². The molecule has 0 N–H and O–H groups in total. The van der Waals surface area contributed by atoms with Gasteiger partial charge in [-0.25, -0.2) is 0 Å². The second kappa shape index (κ2) is 13.8. The SMILES string of the molecule is COCCc1c(C)c(-c2c(C)c(CCOC(=O)CCCC(=O)OCC3COc4cscc4O3)c3ccccn23)n2ccccc12. The van der Waals surface area contributed by atoms with Crippen LogP contribution in [0.4, 0.5) is 0 Å². The van der Waals surface area contributed by atoms with E-state index in [9.17, 15) is 9.59 Å². The largest absolute Gasteiger partial charge is 0.485 e. The number of thiophene rings is 1. The molecule has 0 saturated carbocycles. The number of ether oxygens (including phenoxy) is 5. The van der Waals surface area contributed by atoms with Crippen LogP contribution in [0.5, 0.6) is 11.5 Å². The van der Waals surface area contributed by atoms with Gasteiger partial charge in [-0.15, -0.1) is 11.3 Å². The van der Waals surface area contributed by atoms with Gasteiger partial charge >= 0.3 is 11.9 Å². The third kappa shape index (κ3) is 6.43. The van der Waals surface area contributed by atoms with Gasteiger partial charge in [0, 0.05) is 60.6 Å². The molecule has 1 aliphatic rings. The average molecular weight is 631 g/mol. The number of fused-ring (bicyclic) bond motifs is 3. The molecule has 0 aliphatic carbocycles. The Morgan fingerprint density at radius 3 is 2.09 bits per heavy atom. The predicted molar refractivity (Wildman–Crippen MR) is 173 cm³/mol. The molecule has 0 amide bonds. The highest BCUT2D eigenvalue weighted by atomic mass is 32.1. The predicted octanol–water partition coefficient (Wildman–Crippen LogP) is 6.37. The van der Waals surface area contributed by atoms with E-state index in [1.54, 1.807) is 7.11 Å². The van der Waals surface area contributed by atoms with Crippen LogP contribution in [-0.2, 0) is 36.6 Å². The van der Waals surface area contributed by atoms with Gasteiger partial charge in [0.2, 0.25) is 0 Å². The second-order valence-corrected chi connectivity index (χ2v) is 12.0. The summed E-state index contributed by atoms with van der Waals surface area (Å²) in [6.45, 7) is 5.68. The van der Waals surface area contributed by atoms with E-state index in [1.807, 2.05) is 22.9 Å². The van der Waals surface area contributed by atoms with Crippen molar-refractivity contribution in [2.24, 2.45) is 0 Å². The van der Waals surface area contributed by atoms with E-state index in [-0.39, 0.29) is 44.1 Å². The maximum Gasteiger partial charge on any atom is 0.305 e. The number of nitrogens with zero attached hydrogens (tertiary/aromatic N) is 2. The summed E-state index contributed by atoms with van der Waals surface area (Å²) in [5, 5.41) is 3.74. The molecule has 0 saturated heterocycles. The monoisotopic (exact) mass is 630 g/mol. The molecular weight excluding hydrogens is 592 g/mol. The average Bonchev–Trinajstić information content (AvgIpc) is 3.71. The number of hydrogen-bond acceptors (Lipinski definition) is 8. The Labute approximate surface area is 266 Å². The van der Waals surface area contributed by atoms with Crippen LogP contribution in [0.1, 0.15) is 41.5 Å². The summed E-state index contributed by atoms with van der Waals surface area (Å²) in [5.41, 5.74) is 9.39. The number of methoxy groups -OCH3 is 1. The fourth-order valence-corrected chi connectivity index (χ4v) is 6.81. The molecule has 0 aromatic carbocycles. The lowest BCUT2D eigenvalue weighted by atomic mass is 10.0. The molecule has 1 atom stereocenters. The van der Waals surface area contributed by atoms with E-state index in [1.165, 1.54) is 28.0 Å². The Bertz CT molecular complexity index is 1820. The number of rotatable bonds is 13. The first kappa shape index (κ1) is 30.7. The van der Waals surface area contributed by atoms with Gasteiger partial charge in [0.15, 0.2) is 17.6 Å². The molecule has 10 heteroatoms.